The van der Waals surface area contributed by atoms with Crippen molar-refractivity contribution in [3.05, 3.63) is 40.4 Å². The van der Waals surface area contributed by atoms with Crippen LogP contribution >= 0.6 is 15.9 Å². The number of benzene rings is 1. The molecule has 3 nitrogen and oxygen atoms in total. The number of aromatic nitrogens is 2. The Kier molecular flexibility index (Phi) is 4.47. The molecule has 0 fully saturated rings. The van der Waals surface area contributed by atoms with Gasteiger partial charge in [0, 0.05) is 17.7 Å². The average molecular weight is 324 g/mol. The van der Waals surface area contributed by atoms with Gasteiger partial charge >= 0.3 is 0 Å². The third-order valence-corrected chi connectivity index (χ3v) is 3.46. The van der Waals surface area contributed by atoms with E-state index in [2.05, 4.69) is 31.2 Å². The lowest BCUT2D eigenvalue weighted by molar-refractivity contribution is 0.624. The molecular formula is C14H15BrFN3. The van der Waals surface area contributed by atoms with Crippen molar-refractivity contribution in [2.75, 3.05) is 11.9 Å². The topological polar surface area (TPSA) is 37.8 Å². The van der Waals surface area contributed by atoms with Gasteiger partial charge in [0.2, 0.25) is 0 Å². The fraction of sp³-hybridized carbons (Fsp3) is 0.286. The van der Waals surface area contributed by atoms with E-state index in [0.717, 1.165) is 24.3 Å². The van der Waals surface area contributed by atoms with Gasteiger partial charge in [0.15, 0.2) is 0 Å². The second-order valence-corrected chi connectivity index (χ2v) is 4.89. The van der Waals surface area contributed by atoms with Crippen molar-refractivity contribution in [1.82, 2.24) is 9.97 Å². The van der Waals surface area contributed by atoms with E-state index >= 15 is 0 Å². The Labute approximate surface area is 120 Å². The summed E-state index contributed by atoms with van der Waals surface area (Å²) in [5.74, 6) is 0.479. The maximum Gasteiger partial charge on any atom is 0.146 e. The number of rotatable bonds is 4. The lowest BCUT2D eigenvalue weighted by atomic mass is 10.0. The quantitative estimate of drug-likeness (QED) is 0.922. The van der Waals surface area contributed by atoms with Crippen LogP contribution < -0.4 is 5.32 Å². The highest BCUT2D eigenvalue weighted by Gasteiger charge is 2.15. The predicted octanol–water partition coefficient (Wildman–Crippen LogP) is 4.04. The Bertz CT molecular complexity index is 587. The third kappa shape index (κ3) is 2.76. The van der Waals surface area contributed by atoms with Crippen molar-refractivity contribution in [2.24, 2.45) is 0 Å². The molecule has 0 aliphatic carbocycles. The molecule has 0 bridgehead atoms. The molecular weight excluding hydrogens is 309 g/mol. The lowest BCUT2D eigenvalue weighted by Gasteiger charge is -2.13. The molecule has 0 amide bonds. The molecule has 5 heteroatoms. The molecule has 0 radical (unpaired) electrons. The second kappa shape index (κ2) is 6.10. The van der Waals surface area contributed by atoms with Crippen LogP contribution in [0, 0.1) is 5.82 Å². The summed E-state index contributed by atoms with van der Waals surface area (Å²) in [6.45, 7) is 4.78. The lowest BCUT2D eigenvalue weighted by Crippen LogP contribution is -2.06. The zero-order valence-electron chi connectivity index (χ0n) is 10.9. The highest BCUT2D eigenvalue weighted by atomic mass is 79.9. The second-order valence-electron chi connectivity index (χ2n) is 4.03. The summed E-state index contributed by atoms with van der Waals surface area (Å²) in [5, 5.41) is 3.19. The van der Waals surface area contributed by atoms with Crippen LogP contribution in [0.4, 0.5) is 10.2 Å². The number of nitrogens with zero attached hydrogens (tertiary/aromatic N) is 2. The van der Waals surface area contributed by atoms with Crippen LogP contribution in [0.15, 0.2) is 29.0 Å². The van der Waals surface area contributed by atoms with Gasteiger partial charge in [-0.15, -0.1) is 0 Å². The van der Waals surface area contributed by atoms with Crippen LogP contribution in [0.2, 0.25) is 0 Å². The fourth-order valence-corrected chi connectivity index (χ4v) is 2.35. The van der Waals surface area contributed by atoms with E-state index in [4.69, 9.17) is 0 Å². The summed E-state index contributed by atoms with van der Waals surface area (Å²) < 4.78 is 14.6. The van der Waals surface area contributed by atoms with Crippen LogP contribution in [0.1, 0.15) is 19.4 Å². The first-order valence-corrected chi connectivity index (χ1v) is 7.00. The van der Waals surface area contributed by atoms with Crippen molar-refractivity contribution in [2.45, 2.75) is 20.3 Å². The first-order chi connectivity index (χ1) is 9.19. The van der Waals surface area contributed by atoms with Gasteiger partial charge in [0.1, 0.15) is 18.0 Å². The molecule has 0 unspecified atom stereocenters. The molecule has 1 aromatic heterocycles. The average Bonchev–Trinajstić information content (AvgIpc) is 2.42. The molecule has 0 saturated heterocycles. The van der Waals surface area contributed by atoms with E-state index in [1.807, 2.05) is 13.8 Å². The minimum absolute atomic E-state index is 0.293. The van der Waals surface area contributed by atoms with Crippen molar-refractivity contribution in [3.8, 4) is 11.3 Å². The number of anilines is 1. The Morgan fingerprint density at radius 2 is 2.05 bits per heavy atom. The first-order valence-electron chi connectivity index (χ1n) is 6.21. The van der Waals surface area contributed by atoms with E-state index < -0.39 is 0 Å². The molecule has 2 aromatic rings. The Balaban J connectivity index is 2.61. The highest BCUT2D eigenvalue weighted by molar-refractivity contribution is 9.10. The van der Waals surface area contributed by atoms with Gasteiger partial charge < -0.3 is 5.32 Å². The molecule has 100 valence electrons. The van der Waals surface area contributed by atoms with Gasteiger partial charge in [-0.2, -0.15) is 0 Å². The molecule has 19 heavy (non-hydrogen) atoms. The number of halogens is 2. The Morgan fingerprint density at radius 1 is 1.26 bits per heavy atom. The summed E-state index contributed by atoms with van der Waals surface area (Å²) in [6.07, 6.45) is 2.21. The van der Waals surface area contributed by atoms with Gasteiger partial charge in [-0.1, -0.05) is 13.0 Å². The molecule has 1 N–H and O–H groups in total. The maximum atomic E-state index is 14.2. The van der Waals surface area contributed by atoms with Crippen molar-refractivity contribution < 1.29 is 4.39 Å². The molecule has 2 rings (SSSR count). The van der Waals surface area contributed by atoms with E-state index in [9.17, 15) is 4.39 Å². The summed E-state index contributed by atoms with van der Waals surface area (Å²) in [7, 11) is 0. The molecule has 0 saturated carbocycles. The molecule has 0 atom stereocenters. The van der Waals surface area contributed by atoms with Gasteiger partial charge in [-0.05, 0) is 41.4 Å². The van der Waals surface area contributed by atoms with Crippen LogP contribution in [0.25, 0.3) is 11.3 Å². The van der Waals surface area contributed by atoms with Crippen LogP contribution in [-0.2, 0) is 6.42 Å². The Hall–Kier alpha value is -1.49. The van der Waals surface area contributed by atoms with Crippen LogP contribution in [-0.4, -0.2) is 16.5 Å². The number of nitrogens with one attached hydrogen (secondary N) is 1. The van der Waals surface area contributed by atoms with Gasteiger partial charge in [-0.25, -0.2) is 14.4 Å². The largest absolute Gasteiger partial charge is 0.370 e. The minimum atomic E-state index is -0.293. The summed E-state index contributed by atoms with van der Waals surface area (Å²) in [5.41, 5.74) is 2.07. The van der Waals surface area contributed by atoms with Crippen molar-refractivity contribution in [3.63, 3.8) is 0 Å². The molecule has 0 aliphatic rings. The maximum absolute atomic E-state index is 14.2. The molecule has 1 aromatic carbocycles. The monoisotopic (exact) mass is 323 g/mol. The number of hydrogen-bond acceptors (Lipinski definition) is 3. The highest BCUT2D eigenvalue weighted by Crippen LogP contribution is 2.31. The van der Waals surface area contributed by atoms with Crippen molar-refractivity contribution >= 4 is 21.7 Å². The van der Waals surface area contributed by atoms with Crippen LogP contribution in [0.3, 0.4) is 0 Å². The Morgan fingerprint density at radius 3 is 2.74 bits per heavy atom. The molecule has 0 aliphatic heterocycles. The minimum Gasteiger partial charge on any atom is -0.370 e. The molecule has 0 spiro atoms. The van der Waals surface area contributed by atoms with Crippen LogP contribution in [0.5, 0.6) is 0 Å². The fourth-order valence-electron chi connectivity index (χ4n) is 1.99. The zero-order chi connectivity index (χ0) is 13.8. The summed E-state index contributed by atoms with van der Waals surface area (Å²) in [6, 6.07) is 5.21. The summed E-state index contributed by atoms with van der Waals surface area (Å²) in [4.78, 5) is 8.47. The summed E-state index contributed by atoms with van der Waals surface area (Å²) >= 11 is 3.21. The van der Waals surface area contributed by atoms with E-state index in [0.29, 0.717) is 15.7 Å². The third-order valence-electron chi connectivity index (χ3n) is 2.85. The van der Waals surface area contributed by atoms with Gasteiger partial charge in [0.05, 0.1) is 10.2 Å². The standard InChI is InChI=1S/C14H15BrFN3/c1-3-9-13(18-8-19-14(9)17-4-2)10-6-5-7-11(15)12(10)16/h5-8H,3-4H2,1-2H3,(H,17,18,19). The van der Waals surface area contributed by atoms with E-state index in [-0.39, 0.29) is 5.82 Å². The SMILES string of the molecule is CCNc1ncnc(-c2cccc(Br)c2F)c1CC. The van der Waals surface area contributed by atoms with E-state index in [1.165, 1.54) is 6.33 Å². The van der Waals surface area contributed by atoms with Gasteiger partial charge in [-0.3, -0.25) is 0 Å². The smallest absolute Gasteiger partial charge is 0.146 e. The zero-order valence-corrected chi connectivity index (χ0v) is 12.5. The van der Waals surface area contributed by atoms with E-state index in [1.54, 1.807) is 18.2 Å². The predicted molar refractivity (Wildman–Crippen MR) is 78.7 cm³/mol. The van der Waals surface area contributed by atoms with Gasteiger partial charge in [0.25, 0.3) is 0 Å². The first kappa shape index (κ1) is 13.9. The number of hydrogen-bond donors (Lipinski definition) is 1. The van der Waals surface area contributed by atoms with Crippen molar-refractivity contribution in [1.29, 1.82) is 0 Å². The normalized spacial score (nSPS) is 10.5. The molecule has 1 heterocycles.